The fourth-order valence-corrected chi connectivity index (χ4v) is 2.83. The highest BCUT2D eigenvalue weighted by molar-refractivity contribution is 7.94. The van der Waals surface area contributed by atoms with Gasteiger partial charge in [-0.25, -0.2) is 23.0 Å². The standard InChI is InChI=1S/C12H11N3O6S/c1-21-11(17)7-3-2-4-8(5-7)15-22(19,20)9-6-13-12(18)14-10(9)16/h2-6,9,15H,1H3,(H,14,16,18). The maximum atomic E-state index is 12.1. The molecule has 1 aliphatic rings. The Bertz CT molecular complexity index is 771. The molecule has 0 saturated carbocycles. The Balaban J connectivity index is 2.26. The van der Waals surface area contributed by atoms with E-state index in [-0.39, 0.29) is 11.3 Å². The molecule has 2 rings (SSSR count). The Morgan fingerprint density at radius 2 is 2.09 bits per heavy atom. The SMILES string of the molecule is COC(=O)c1cccc(NS(=O)(=O)C2C=NC(=O)NC2=O)c1. The molecule has 0 fully saturated rings. The third kappa shape index (κ3) is 3.28. The first-order valence-corrected chi connectivity index (χ1v) is 7.47. The van der Waals surface area contributed by atoms with Crippen LogP contribution in [-0.4, -0.2) is 44.9 Å². The minimum Gasteiger partial charge on any atom is -0.465 e. The molecule has 1 aromatic rings. The molecule has 22 heavy (non-hydrogen) atoms. The van der Waals surface area contributed by atoms with Crippen molar-refractivity contribution in [3.8, 4) is 0 Å². The number of urea groups is 1. The molecule has 2 N–H and O–H groups in total. The Kier molecular flexibility index (Phi) is 4.22. The van der Waals surface area contributed by atoms with Crippen LogP contribution in [0.3, 0.4) is 0 Å². The van der Waals surface area contributed by atoms with E-state index in [4.69, 9.17) is 0 Å². The number of methoxy groups -OCH3 is 1. The lowest BCUT2D eigenvalue weighted by Gasteiger charge is -2.16. The van der Waals surface area contributed by atoms with Gasteiger partial charge >= 0.3 is 12.0 Å². The average molecular weight is 325 g/mol. The minimum atomic E-state index is -4.17. The molecule has 1 heterocycles. The summed E-state index contributed by atoms with van der Waals surface area (Å²) in [6.07, 6.45) is 0.744. The maximum absolute atomic E-state index is 12.1. The summed E-state index contributed by atoms with van der Waals surface area (Å²) in [5, 5.41) is 0.145. The molecule has 9 nitrogen and oxygen atoms in total. The number of benzene rings is 1. The first-order chi connectivity index (χ1) is 10.3. The summed E-state index contributed by atoms with van der Waals surface area (Å²) in [7, 11) is -2.98. The lowest BCUT2D eigenvalue weighted by atomic mass is 10.2. The zero-order valence-electron chi connectivity index (χ0n) is 11.3. The third-order valence-corrected chi connectivity index (χ3v) is 4.22. The summed E-state index contributed by atoms with van der Waals surface area (Å²) in [5.41, 5.74) is 0.209. The molecule has 10 heteroatoms. The van der Waals surface area contributed by atoms with Gasteiger partial charge in [0, 0.05) is 11.9 Å². The highest BCUT2D eigenvalue weighted by atomic mass is 32.2. The van der Waals surface area contributed by atoms with Crippen LogP contribution in [0.15, 0.2) is 29.3 Å². The Hall–Kier alpha value is -2.75. The van der Waals surface area contributed by atoms with Crippen LogP contribution in [0.2, 0.25) is 0 Å². The van der Waals surface area contributed by atoms with Gasteiger partial charge in [-0.3, -0.25) is 14.8 Å². The first-order valence-electron chi connectivity index (χ1n) is 5.92. The van der Waals surface area contributed by atoms with Gasteiger partial charge in [-0.05, 0) is 18.2 Å². The number of amides is 3. The number of sulfonamides is 1. The van der Waals surface area contributed by atoms with Crippen molar-refractivity contribution in [2.75, 3.05) is 11.8 Å². The second kappa shape index (κ2) is 5.93. The van der Waals surface area contributed by atoms with Crippen molar-refractivity contribution < 1.29 is 27.5 Å². The summed E-state index contributed by atoms with van der Waals surface area (Å²) in [6, 6.07) is 4.61. The smallest absolute Gasteiger partial charge is 0.347 e. The van der Waals surface area contributed by atoms with Gasteiger partial charge in [0.1, 0.15) is 0 Å². The van der Waals surface area contributed by atoms with Crippen molar-refractivity contribution in [2.24, 2.45) is 4.99 Å². The quantitative estimate of drug-likeness (QED) is 0.743. The molecule has 0 radical (unpaired) electrons. The van der Waals surface area contributed by atoms with Gasteiger partial charge in [0.15, 0.2) is 5.25 Å². The fraction of sp³-hybridized carbons (Fsp3) is 0.167. The monoisotopic (exact) mass is 325 g/mol. The number of carbonyl (C=O) groups is 3. The van der Waals surface area contributed by atoms with E-state index in [0.29, 0.717) is 0 Å². The fourth-order valence-electron chi connectivity index (χ4n) is 1.69. The van der Waals surface area contributed by atoms with Crippen LogP contribution in [0.25, 0.3) is 0 Å². The number of carbonyl (C=O) groups excluding carboxylic acids is 3. The number of esters is 1. The van der Waals surface area contributed by atoms with Crippen molar-refractivity contribution in [3.05, 3.63) is 29.8 Å². The Morgan fingerprint density at radius 3 is 2.73 bits per heavy atom. The van der Waals surface area contributed by atoms with Gasteiger partial charge in [-0.2, -0.15) is 0 Å². The van der Waals surface area contributed by atoms with Gasteiger partial charge in [-0.15, -0.1) is 0 Å². The van der Waals surface area contributed by atoms with Crippen LogP contribution >= 0.6 is 0 Å². The van der Waals surface area contributed by atoms with Crippen LogP contribution in [0.4, 0.5) is 10.5 Å². The second-order valence-corrected chi connectivity index (χ2v) is 6.01. The molecule has 1 atom stereocenters. The molecule has 0 aliphatic carbocycles. The molecule has 0 saturated heterocycles. The number of hydrogen-bond acceptors (Lipinski definition) is 6. The number of rotatable bonds is 4. The van der Waals surface area contributed by atoms with Crippen molar-refractivity contribution in [1.82, 2.24) is 5.32 Å². The summed E-state index contributed by atoms with van der Waals surface area (Å²) >= 11 is 0. The third-order valence-electron chi connectivity index (χ3n) is 2.69. The van der Waals surface area contributed by atoms with Crippen LogP contribution in [0.5, 0.6) is 0 Å². The predicted molar refractivity (Wildman–Crippen MR) is 76.1 cm³/mol. The van der Waals surface area contributed by atoms with Gasteiger partial charge in [-0.1, -0.05) is 6.07 Å². The predicted octanol–water partition coefficient (Wildman–Crippen LogP) is -0.0959. The van der Waals surface area contributed by atoms with Gasteiger partial charge in [0.2, 0.25) is 10.0 Å². The zero-order valence-corrected chi connectivity index (χ0v) is 12.1. The molecule has 0 aromatic heterocycles. The van der Waals surface area contributed by atoms with Crippen molar-refractivity contribution in [3.63, 3.8) is 0 Å². The topological polar surface area (TPSA) is 131 Å². The van der Waals surface area contributed by atoms with Crippen molar-refractivity contribution in [2.45, 2.75) is 5.25 Å². The molecular weight excluding hydrogens is 314 g/mol. The highest BCUT2D eigenvalue weighted by Crippen LogP contribution is 2.15. The van der Waals surface area contributed by atoms with E-state index in [9.17, 15) is 22.8 Å². The molecule has 1 unspecified atom stereocenters. The second-order valence-electron chi connectivity index (χ2n) is 4.21. The van der Waals surface area contributed by atoms with Crippen LogP contribution < -0.4 is 10.0 Å². The number of anilines is 1. The summed E-state index contributed by atoms with van der Waals surface area (Å²) < 4.78 is 30.9. The Labute approximate surface area is 125 Å². The molecular formula is C12H11N3O6S. The normalized spacial score (nSPS) is 17.8. The summed E-state index contributed by atoms with van der Waals surface area (Å²) in [5.74, 6) is -1.64. The number of aliphatic imine (C=N–C) groups is 1. The van der Waals surface area contributed by atoms with E-state index in [2.05, 4.69) is 14.5 Å². The molecule has 0 spiro atoms. The largest absolute Gasteiger partial charge is 0.465 e. The molecule has 1 aliphatic heterocycles. The number of nitrogens with zero attached hydrogens (tertiary/aromatic N) is 1. The lowest BCUT2D eigenvalue weighted by Crippen LogP contribution is -2.48. The minimum absolute atomic E-state index is 0.0704. The van der Waals surface area contributed by atoms with Gasteiger partial charge in [0.25, 0.3) is 5.91 Å². The molecule has 1 aromatic carbocycles. The van der Waals surface area contributed by atoms with Crippen molar-refractivity contribution >= 4 is 39.8 Å². The Morgan fingerprint density at radius 1 is 1.36 bits per heavy atom. The summed E-state index contributed by atoms with van der Waals surface area (Å²) in [4.78, 5) is 37.0. The van der Waals surface area contributed by atoms with E-state index in [0.717, 1.165) is 6.21 Å². The molecule has 0 bridgehead atoms. The first kappa shape index (κ1) is 15.6. The maximum Gasteiger partial charge on any atom is 0.347 e. The van der Waals surface area contributed by atoms with Crippen LogP contribution in [-0.2, 0) is 19.6 Å². The number of nitrogens with one attached hydrogen (secondary N) is 2. The van der Waals surface area contributed by atoms with Gasteiger partial charge in [0.05, 0.1) is 12.7 Å². The van der Waals surface area contributed by atoms with E-state index < -0.39 is 33.2 Å². The van der Waals surface area contributed by atoms with E-state index in [1.165, 1.54) is 31.4 Å². The van der Waals surface area contributed by atoms with E-state index >= 15 is 0 Å². The lowest BCUT2D eigenvalue weighted by molar-refractivity contribution is -0.118. The highest BCUT2D eigenvalue weighted by Gasteiger charge is 2.35. The van der Waals surface area contributed by atoms with Gasteiger partial charge < -0.3 is 4.74 Å². The molecule has 3 amide bonds. The summed E-state index contributed by atoms with van der Waals surface area (Å²) in [6.45, 7) is 0. The number of ether oxygens (including phenoxy) is 1. The zero-order chi connectivity index (χ0) is 16.3. The van der Waals surface area contributed by atoms with E-state index in [1.54, 1.807) is 5.32 Å². The van der Waals surface area contributed by atoms with Crippen molar-refractivity contribution in [1.29, 1.82) is 0 Å². The van der Waals surface area contributed by atoms with E-state index in [1.807, 2.05) is 0 Å². The molecule has 116 valence electrons. The number of imide groups is 1. The number of hydrogen-bond donors (Lipinski definition) is 2. The average Bonchev–Trinajstić information content (AvgIpc) is 2.45. The van der Waals surface area contributed by atoms with Crippen LogP contribution in [0, 0.1) is 0 Å². The van der Waals surface area contributed by atoms with Crippen LogP contribution in [0.1, 0.15) is 10.4 Å².